The first-order valence-corrected chi connectivity index (χ1v) is 5.56. The van der Waals surface area contributed by atoms with E-state index < -0.39 is 0 Å². The first-order chi connectivity index (χ1) is 6.66. The van der Waals surface area contributed by atoms with E-state index in [9.17, 15) is 4.79 Å². The number of hydrogen-bond acceptors (Lipinski definition) is 4. The SMILES string of the molecule is CC(=O)c1csc(-c2ccc(Br)o2)n1. The Morgan fingerprint density at radius 2 is 2.36 bits per heavy atom. The average molecular weight is 272 g/mol. The summed E-state index contributed by atoms with van der Waals surface area (Å²) < 4.78 is 5.98. The van der Waals surface area contributed by atoms with E-state index in [0.717, 1.165) is 5.01 Å². The van der Waals surface area contributed by atoms with Crippen molar-refractivity contribution in [1.82, 2.24) is 4.98 Å². The fraction of sp³-hybridized carbons (Fsp3) is 0.111. The largest absolute Gasteiger partial charge is 0.447 e. The van der Waals surface area contributed by atoms with Crippen LogP contribution in [0.25, 0.3) is 10.8 Å². The fourth-order valence-corrected chi connectivity index (χ4v) is 2.10. The van der Waals surface area contributed by atoms with Gasteiger partial charge < -0.3 is 4.42 Å². The molecule has 2 aromatic heterocycles. The molecule has 0 aliphatic rings. The molecule has 0 amide bonds. The molecule has 0 aromatic carbocycles. The molecule has 2 rings (SSSR count). The number of aromatic nitrogens is 1. The van der Waals surface area contributed by atoms with Gasteiger partial charge in [0, 0.05) is 12.3 Å². The maximum absolute atomic E-state index is 11.0. The molecule has 0 N–H and O–H groups in total. The van der Waals surface area contributed by atoms with Crippen molar-refractivity contribution in [2.24, 2.45) is 0 Å². The molecule has 0 fully saturated rings. The maximum Gasteiger partial charge on any atom is 0.178 e. The summed E-state index contributed by atoms with van der Waals surface area (Å²) in [7, 11) is 0. The molecule has 0 spiro atoms. The van der Waals surface area contributed by atoms with E-state index in [1.54, 1.807) is 11.4 Å². The summed E-state index contributed by atoms with van der Waals surface area (Å²) in [4.78, 5) is 15.1. The summed E-state index contributed by atoms with van der Waals surface area (Å²) in [5, 5.41) is 2.45. The molecule has 3 nitrogen and oxygen atoms in total. The Labute approximate surface area is 92.9 Å². The third kappa shape index (κ3) is 1.78. The highest BCUT2D eigenvalue weighted by Gasteiger charge is 2.10. The summed E-state index contributed by atoms with van der Waals surface area (Å²) in [5.74, 6) is 0.646. The zero-order valence-corrected chi connectivity index (χ0v) is 9.68. The summed E-state index contributed by atoms with van der Waals surface area (Å²) in [6, 6.07) is 3.61. The van der Waals surface area contributed by atoms with Crippen LogP contribution in [0, 0.1) is 0 Å². The van der Waals surface area contributed by atoms with Crippen LogP contribution in [0.5, 0.6) is 0 Å². The molecule has 0 saturated carbocycles. The van der Waals surface area contributed by atoms with Crippen LogP contribution in [0.4, 0.5) is 0 Å². The molecule has 0 saturated heterocycles. The number of carbonyl (C=O) groups is 1. The predicted octanol–water partition coefficient (Wildman–Crippen LogP) is 3.37. The monoisotopic (exact) mass is 271 g/mol. The number of rotatable bonds is 2. The van der Waals surface area contributed by atoms with Crippen LogP contribution in [0.2, 0.25) is 0 Å². The van der Waals surface area contributed by atoms with Gasteiger partial charge in [-0.25, -0.2) is 4.98 Å². The van der Waals surface area contributed by atoms with Gasteiger partial charge >= 0.3 is 0 Å². The quantitative estimate of drug-likeness (QED) is 0.787. The zero-order chi connectivity index (χ0) is 10.1. The Bertz CT molecular complexity index is 475. The Morgan fingerprint density at radius 1 is 1.57 bits per heavy atom. The lowest BCUT2D eigenvalue weighted by atomic mass is 10.3. The number of nitrogens with zero attached hydrogens (tertiary/aromatic N) is 1. The molecule has 0 unspecified atom stereocenters. The standard InChI is InChI=1S/C9H6BrNO2S/c1-5(12)6-4-14-9(11-6)7-2-3-8(10)13-7/h2-4H,1H3. The Hall–Kier alpha value is -0.940. The molecular formula is C9H6BrNO2S. The number of halogens is 1. The third-order valence-corrected chi connectivity index (χ3v) is 2.93. The highest BCUT2D eigenvalue weighted by molar-refractivity contribution is 9.10. The lowest BCUT2D eigenvalue weighted by Crippen LogP contribution is -1.90. The van der Waals surface area contributed by atoms with E-state index in [2.05, 4.69) is 20.9 Å². The van der Waals surface area contributed by atoms with Crippen molar-refractivity contribution in [3.8, 4) is 10.8 Å². The van der Waals surface area contributed by atoms with Gasteiger partial charge in [0.2, 0.25) is 0 Å². The molecule has 2 heterocycles. The van der Waals surface area contributed by atoms with Gasteiger partial charge in [-0.2, -0.15) is 0 Å². The van der Waals surface area contributed by atoms with Crippen LogP contribution in [-0.4, -0.2) is 10.8 Å². The maximum atomic E-state index is 11.0. The van der Waals surface area contributed by atoms with Gasteiger partial charge in [-0.15, -0.1) is 11.3 Å². The molecule has 0 aliphatic carbocycles. The number of ketones is 1. The van der Waals surface area contributed by atoms with Gasteiger partial charge in [0.25, 0.3) is 0 Å². The van der Waals surface area contributed by atoms with Gasteiger partial charge in [0.1, 0.15) is 5.69 Å². The van der Waals surface area contributed by atoms with Gasteiger partial charge in [0.05, 0.1) is 0 Å². The van der Waals surface area contributed by atoms with Crippen LogP contribution in [-0.2, 0) is 0 Å². The van der Waals surface area contributed by atoms with Crippen molar-refractivity contribution in [3.63, 3.8) is 0 Å². The minimum atomic E-state index is -0.0295. The van der Waals surface area contributed by atoms with E-state index in [1.807, 2.05) is 6.07 Å². The minimum absolute atomic E-state index is 0.0295. The van der Waals surface area contributed by atoms with Crippen LogP contribution < -0.4 is 0 Å². The minimum Gasteiger partial charge on any atom is -0.447 e. The lowest BCUT2D eigenvalue weighted by Gasteiger charge is -1.87. The number of hydrogen-bond donors (Lipinski definition) is 0. The number of furan rings is 1. The molecule has 72 valence electrons. The van der Waals surface area contributed by atoms with Crippen molar-refractivity contribution in [3.05, 3.63) is 27.9 Å². The molecular weight excluding hydrogens is 266 g/mol. The molecule has 2 aromatic rings. The Kier molecular flexibility index (Phi) is 2.52. The number of thiazole rings is 1. The van der Waals surface area contributed by atoms with E-state index in [1.165, 1.54) is 18.3 Å². The molecule has 0 atom stereocenters. The lowest BCUT2D eigenvalue weighted by molar-refractivity contribution is 0.101. The van der Waals surface area contributed by atoms with E-state index in [-0.39, 0.29) is 5.78 Å². The van der Waals surface area contributed by atoms with E-state index in [0.29, 0.717) is 16.1 Å². The third-order valence-electron chi connectivity index (χ3n) is 1.65. The molecule has 5 heteroatoms. The van der Waals surface area contributed by atoms with Gasteiger partial charge in [-0.1, -0.05) is 0 Å². The van der Waals surface area contributed by atoms with E-state index in [4.69, 9.17) is 4.42 Å². The highest BCUT2D eigenvalue weighted by atomic mass is 79.9. The predicted molar refractivity (Wildman–Crippen MR) is 57.5 cm³/mol. The zero-order valence-electron chi connectivity index (χ0n) is 7.28. The summed E-state index contributed by atoms with van der Waals surface area (Å²) in [6.07, 6.45) is 0. The first-order valence-electron chi connectivity index (χ1n) is 3.89. The smallest absolute Gasteiger partial charge is 0.178 e. The van der Waals surface area contributed by atoms with E-state index >= 15 is 0 Å². The van der Waals surface area contributed by atoms with Crippen LogP contribution in [0.15, 0.2) is 26.6 Å². The first kappa shape index (κ1) is 9.61. The number of Topliss-reactive ketones (excluding diaryl/α,β-unsaturated/α-hetero) is 1. The second kappa shape index (κ2) is 3.67. The van der Waals surface area contributed by atoms with Crippen molar-refractivity contribution < 1.29 is 9.21 Å². The fourth-order valence-electron chi connectivity index (χ4n) is 0.978. The van der Waals surface area contributed by atoms with Crippen LogP contribution >= 0.6 is 27.3 Å². The summed E-state index contributed by atoms with van der Waals surface area (Å²) in [6.45, 7) is 1.50. The normalized spacial score (nSPS) is 10.4. The second-order valence-electron chi connectivity index (χ2n) is 2.70. The number of carbonyl (C=O) groups excluding carboxylic acids is 1. The van der Waals surface area contributed by atoms with Crippen molar-refractivity contribution in [1.29, 1.82) is 0 Å². The Balaban J connectivity index is 2.38. The van der Waals surface area contributed by atoms with Crippen molar-refractivity contribution >= 4 is 33.0 Å². The van der Waals surface area contributed by atoms with Gasteiger partial charge in [-0.3, -0.25) is 4.79 Å². The second-order valence-corrected chi connectivity index (χ2v) is 4.34. The van der Waals surface area contributed by atoms with Crippen LogP contribution in [0.3, 0.4) is 0 Å². The summed E-state index contributed by atoms with van der Waals surface area (Å²) >= 11 is 4.61. The van der Waals surface area contributed by atoms with Gasteiger partial charge in [0.15, 0.2) is 21.2 Å². The van der Waals surface area contributed by atoms with Crippen molar-refractivity contribution in [2.75, 3.05) is 0 Å². The summed E-state index contributed by atoms with van der Waals surface area (Å²) in [5.41, 5.74) is 0.484. The topological polar surface area (TPSA) is 43.1 Å². The molecule has 0 bridgehead atoms. The Morgan fingerprint density at radius 3 is 2.86 bits per heavy atom. The average Bonchev–Trinajstić information content (AvgIpc) is 2.70. The van der Waals surface area contributed by atoms with Crippen LogP contribution in [0.1, 0.15) is 17.4 Å². The molecule has 0 aliphatic heterocycles. The molecule has 0 radical (unpaired) electrons. The van der Waals surface area contributed by atoms with Crippen molar-refractivity contribution in [2.45, 2.75) is 6.92 Å². The highest BCUT2D eigenvalue weighted by Crippen LogP contribution is 2.27. The molecule has 14 heavy (non-hydrogen) atoms. The van der Waals surface area contributed by atoms with Gasteiger partial charge in [-0.05, 0) is 28.1 Å².